The van der Waals surface area contributed by atoms with Gasteiger partial charge in [-0.1, -0.05) is 25.0 Å². The SMILES string of the molecule is O=C(/C=C/c1ccc(-c2cccc([N+](=O)[O-])c2)o1)NC1CCCC1. The van der Waals surface area contributed by atoms with E-state index in [1.54, 1.807) is 30.3 Å². The standard InChI is InChI=1S/C18H18N2O4/c21-18(19-14-5-1-2-6-14)11-9-16-8-10-17(24-16)13-4-3-7-15(12-13)20(22)23/h3-4,7-12,14H,1-2,5-6H2,(H,19,21)/b11-9+. The van der Waals surface area contributed by atoms with Crippen molar-refractivity contribution in [2.75, 3.05) is 0 Å². The summed E-state index contributed by atoms with van der Waals surface area (Å²) in [5.41, 5.74) is 0.635. The lowest BCUT2D eigenvalue weighted by atomic mass is 10.1. The predicted molar refractivity (Wildman–Crippen MR) is 90.2 cm³/mol. The number of nitro benzene ring substituents is 1. The van der Waals surface area contributed by atoms with Crippen molar-refractivity contribution in [3.05, 3.63) is 58.3 Å². The van der Waals surface area contributed by atoms with Crippen LogP contribution in [0.5, 0.6) is 0 Å². The highest BCUT2D eigenvalue weighted by Crippen LogP contribution is 2.26. The lowest BCUT2D eigenvalue weighted by molar-refractivity contribution is -0.384. The predicted octanol–water partition coefficient (Wildman–Crippen LogP) is 3.93. The molecule has 124 valence electrons. The number of furan rings is 1. The van der Waals surface area contributed by atoms with Crippen molar-refractivity contribution in [1.29, 1.82) is 0 Å². The van der Waals surface area contributed by atoms with Gasteiger partial charge in [-0.25, -0.2) is 0 Å². The fourth-order valence-corrected chi connectivity index (χ4v) is 2.85. The van der Waals surface area contributed by atoms with Crippen LogP contribution in [-0.2, 0) is 4.79 Å². The van der Waals surface area contributed by atoms with Gasteiger partial charge in [0.25, 0.3) is 5.69 Å². The molecule has 0 radical (unpaired) electrons. The number of non-ortho nitro benzene ring substituents is 1. The number of hydrogen-bond acceptors (Lipinski definition) is 4. The second kappa shape index (κ2) is 7.12. The maximum absolute atomic E-state index is 11.9. The average Bonchev–Trinajstić information content (AvgIpc) is 3.24. The first-order chi connectivity index (χ1) is 11.6. The van der Waals surface area contributed by atoms with E-state index in [1.165, 1.54) is 31.1 Å². The van der Waals surface area contributed by atoms with Gasteiger partial charge in [-0.15, -0.1) is 0 Å². The summed E-state index contributed by atoms with van der Waals surface area (Å²) in [5.74, 6) is 0.919. The van der Waals surface area contributed by atoms with Gasteiger partial charge in [-0.2, -0.15) is 0 Å². The number of amides is 1. The molecule has 0 bridgehead atoms. The van der Waals surface area contributed by atoms with Gasteiger partial charge in [-0.3, -0.25) is 14.9 Å². The van der Waals surface area contributed by atoms with Crippen molar-refractivity contribution in [3.8, 4) is 11.3 Å². The molecule has 1 aromatic heterocycles. The summed E-state index contributed by atoms with van der Waals surface area (Å²) in [6.07, 6.45) is 7.47. The third-order valence-electron chi connectivity index (χ3n) is 4.07. The topological polar surface area (TPSA) is 85.4 Å². The van der Waals surface area contributed by atoms with Gasteiger partial charge in [0.2, 0.25) is 5.91 Å². The Morgan fingerprint density at radius 2 is 2.04 bits per heavy atom. The molecule has 6 heteroatoms. The van der Waals surface area contributed by atoms with E-state index in [1.807, 2.05) is 0 Å². The van der Waals surface area contributed by atoms with Gasteiger partial charge in [0.1, 0.15) is 11.5 Å². The molecule has 0 saturated heterocycles. The molecule has 2 aromatic rings. The van der Waals surface area contributed by atoms with E-state index < -0.39 is 4.92 Å². The van der Waals surface area contributed by atoms with Crippen molar-refractivity contribution >= 4 is 17.7 Å². The zero-order valence-corrected chi connectivity index (χ0v) is 13.1. The Morgan fingerprint density at radius 1 is 1.25 bits per heavy atom. The molecule has 3 rings (SSSR count). The molecule has 0 spiro atoms. The molecule has 0 unspecified atom stereocenters. The molecule has 0 atom stereocenters. The molecule has 6 nitrogen and oxygen atoms in total. The summed E-state index contributed by atoms with van der Waals surface area (Å²) in [5, 5.41) is 13.8. The average molecular weight is 326 g/mol. The van der Waals surface area contributed by atoms with Crippen molar-refractivity contribution in [2.45, 2.75) is 31.7 Å². The minimum atomic E-state index is -0.444. The third-order valence-corrected chi connectivity index (χ3v) is 4.07. The summed E-state index contributed by atoms with van der Waals surface area (Å²) >= 11 is 0. The summed E-state index contributed by atoms with van der Waals surface area (Å²) in [7, 11) is 0. The van der Waals surface area contributed by atoms with Crippen molar-refractivity contribution in [1.82, 2.24) is 5.32 Å². The number of nitro groups is 1. The van der Waals surface area contributed by atoms with Crippen LogP contribution in [0, 0.1) is 10.1 Å². The summed E-state index contributed by atoms with van der Waals surface area (Å²) in [6.45, 7) is 0. The van der Waals surface area contributed by atoms with Gasteiger partial charge >= 0.3 is 0 Å². The molecule has 0 aliphatic heterocycles. The van der Waals surface area contributed by atoms with E-state index in [-0.39, 0.29) is 17.6 Å². The number of hydrogen-bond donors (Lipinski definition) is 1. The van der Waals surface area contributed by atoms with Gasteiger partial charge in [0.15, 0.2) is 0 Å². The molecular weight excluding hydrogens is 308 g/mol. The Hall–Kier alpha value is -2.89. The maximum Gasteiger partial charge on any atom is 0.270 e. The van der Waals surface area contributed by atoms with Crippen LogP contribution in [-0.4, -0.2) is 16.9 Å². The fourth-order valence-electron chi connectivity index (χ4n) is 2.85. The Labute approximate surface area is 139 Å². The number of carbonyl (C=O) groups excluding carboxylic acids is 1. The molecule has 24 heavy (non-hydrogen) atoms. The molecule has 1 amide bonds. The van der Waals surface area contributed by atoms with Crippen LogP contribution < -0.4 is 5.32 Å². The maximum atomic E-state index is 11.9. The first kappa shape index (κ1) is 16.0. The van der Waals surface area contributed by atoms with Gasteiger partial charge in [0.05, 0.1) is 4.92 Å². The smallest absolute Gasteiger partial charge is 0.270 e. The minimum Gasteiger partial charge on any atom is -0.457 e. The molecule has 1 fully saturated rings. The largest absolute Gasteiger partial charge is 0.457 e. The van der Waals surface area contributed by atoms with Crippen LogP contribution in [0.15, 0.2) is 46.9 Å². The molecule has 1 heterocycles. The van der Waals surface area contributed by atoms with E-state index in [0.717, 1.165) is 12.8 Å². The molecular formula is C18H18N2O4. The summed E-state index contributed by atoms with van der Waals surface area (Å²) in [4.78, 5) is 22.2. The van der Waals surface area contributed by atoms with Crippen molar-refractivity contribution in [2.24, 2.45) is 0 Å². The number of carbonyl (C=O) groups is 1. The molecule has 1 aliphatic rings. The molecule has 1 aromatic carbocycles. The van der Waals surface area contributed by atoms with Crippen LogP contribution >= 0.6 is 0 Å². The number of nitrogens with one attached hydrogen (secondary N) is 1. The highest BCUT2D eigenvalue weighted by Gasteiger charge is 2.15. The van der Waals surface area contributed by atoms with E-state index in [2.05, 4.69) is 5.32 Å². The van der Waals surface area contributed by atoms with Gasteiger partial charge in [-0.05, 0) is 31.1 Å². The Kier molecular flexibility index (Phi) is 4.74. The van der Waals surface area contributed by atoms with Crippen LogP contribution in [0.1, 0.15) is 31.4 Å². The first-order valence-electron chi connectivity index (χ1n) is 7.95. The summed E-state index contributed by atoms with van der Waals surface area (Å²) < 4.78 is 5.64. The number of rotatable bonds is 5. The highest BCUT2D eigenvalue weighted by atomic mass is 16.6. The zero-order valence-electron chi connectivity index (χ0n) is 13.1. The number of benzene rings is 1. The van der Waals surface area contributed by atoms with Gasteiger partial charge in [0, 0.05) is 29.8 Å². The normalized spacial score (nSPS) is 15.0. The van der Waals surface area contributed by atoms with E-state index >= 15 is 0 Å². The Morgan fingerprint density at radius 3 is 2.79 bits per heavy atom. The fraction of sp³-hybridized carbons (Fsp3) is 0.278. The van der Waals surface area contributed by atoms with Crippen LogP contribution in [0.4, 0.5) is 5.69 Å². The van der Waals surface area contributed by atoms with E-state index in [0.29, 0.717) is 17.1 Å². The van der Waals surface area contributed by atoms with E-state index in [4.69, 9.17) is 4.42 Å². The quantitative estimate of drug-likeness (QED) is 0.512. The molecule has 1 aliphatic carbocycles. The van der Waals surface area contributed by atoms with Crippen LogP contribution in [0.2, 0.25) is 0 Å². The van der Waals surface area contributed by atoms with E-state index in [9.17, 15) is 14.9 Å². The Balaban J connectivity index is 1.66. The third kappa shape index (κ3) is 3.90. The highest BCUT2D eigenvalue weighted by molar-refractivity contribution is 5.91. The molecule has 1 N–H and O–H groups in total. The van der Waals surface area contributed by atoms with Gasteiger partial charge < -0.3 is 9.73 Å². The minimum absolute atomic E-state index is 0.0110. The zero-order chi connectivity index (χ0) is 16.9. The van der Waals surface area contributed by atoms with Crippen molar-refractivity contribution in [3.63, 3.8) is 0 Å². The van der Waals surface area contributed by atoms with Crippen LogP contribution in [0.25, 0.3) is 17.4 Å². The monoisotopic (exact) mass is 326 g/mol. The Bertz CT molecular complexity index is 773. The van der Waals surface area contributed by atoms with Crippen LogP contribution in [0.3, 0.4) is 0 Å². The lowest BCUT2D eigenvalue weighted by Crippen LogP contribution is -2.30. The summed E-state index contributed by atoms with van der Waals surface area (Å²) in [6, 6.07) is 9.98. The lowest BCUT2D eigenvalue weighted by Gasteiger charge is -2.08. The second-order valence-corrected chi connectivity index (χ2v) is 5.83. The van der Waals surface area contributed by atoms with Crippen molar-refractivity contribution < 1.29 is 14.1 Å². The first-order valence-corrected chi connectivity index (χ1v) is 7.95. The second-order valence-electron chi connectivity index (χ2n) is 5.83. The molecule has 1 saturated carbocycles. The number of nitrogens with zero attached hydrogens (tertiary/aromatic N) is 1.